The number of benzene rings is 1. The zero-order valence-corrected chi connectivity index (χ0v) is 10.6. The lowest BCUT2D eigenvalue weighted by molar-refractivity contribution is 0.414. The summed E-state index contributed by atoms with van der Waals surface area (Å²) in [5, 5.41) is 0. The highest BCUT2D eigenvalue weighted by atomic mass is 32.2. The van der Waals surface area contributed by atoms with Crippen LogP contribution in [0.4, 0.5) is 11.4 Å². The molecule has 4 heteroatoms. The van der Waals surface area contributed by atoms with Gasteiger partial charge in [-0.05, 0) is 19.1 Å². The monoisotopic (exact) mass is 238 g/mol. The molecule has 0 radical (unpaired) electrons. The maximum atomic E-state index is 6.03. The van der Waals surface area contributed by atoms with Crippen molar-refractivity contribution in [1.82, 2.24) is 0 Å². The van der Waals surface area contributed by atoms with E-state index in [0.717, 1.165) is 29.4 Å². The van der Waals surface area contributed by atoms with Crippen molar-refractivity contribution in [3.05, 3.63) is 18.2 Å². The molecular weight excluding hydrogens is 220 g/mol. The van der Waals surface area contributed by atoms with Crippen LogP contribution in [0.5, 0.6) is 5.75 Å². The maximum Gasteiger partial charge on any atom is 0.121 e. The summed E-state index contributed by atoms with van der Waals surface area (Å²) in [6.45, 7) is 3.30. The van der Waals surface area contributed by atoms with E-state index in [1.807, 2.05) is 30.0 Å². The van der Waals surface area contributed by atoms with Crippen molar-refractivity contribution in [3.63, 3.8) is 0 Å². The molecular formula is C12H18N2OS. The third-order valence-electron chi connectivity index (χ3n) is 2.91. The minimum Gasteiger partial charge on any atom is -0.497 e. The van der Waals surface area contributed by atoms with Crippen LogP contribution in [-0.4, -0.2) is 31.2 Å². The summed E-state index contributed by atoms with van der Waals surface area (Å²) >= 11 is 2.00. The van der Waals surface area contributed by atoms with E-state index in [0.29, 0.717) is 6.04 Å². The van der Waals surface area contributed by atoms with Gasteiger partial charge in [0.1, 0.15) is 5.75 Å². The molecule has 0 aromatic heterocycles. The van der Waals surface area contributed by atoms with Crippen LogP contribution in [0.2, 0.25) is 0 Å². The van der Waals surface area contributed by atoms with Crippen molar-refractivity contribution in [3.8, 4) is 5.75 Å². The van der Waals surface area contributed by atoms with E-state index in [9.17, 15) is 0 Å². The highest BCUT2D eigenvalue weighted by Gasteiger charge is 2.20. The van der Waals surface area contributed by atoms with Crippen LogP contribution >= 0.6 is 11.8 Å². The van der Waals surface area contributed by atoms with Crippen LogP contribution in [0.25, 0.3) is 0 Å². The minimum absolute atomic E-state index is 0.535. The van der Waals surface area contributed by atoms with Crippen molar-refractivity contribution in [2.75, 3.05) is 35.8 Å². The summed E-state index contributed by atoms with van der Waals surface area (Å²) in [7, 11) is 1.69. The number of ether oxygens (including phenoxy) is 1. The number of rotatable bonds is 2. The lowest BCUT2D eigenvalue weighted by Gasteiger charge is -2.35. The van der Waals surface area contributed by atoms with Gasteiger partial charge in [0, 0.05) is 30.2 Å². The van der Waals surface area contributed by atoms with Crippen LogP contribution in [-0.2, 0) is 0 Å². The molecule has 16 heavy (non-hydrogen) atoms. The zero-order chi connectivity index (χ0) is 11.5. The summed E-state index contributed by atoms with van der Waals surface area (Å²) in [5.74, 6) is 3.20. The van der Waals surface area contributed by atoms with Crippen molar-refractivity contribution < 1.29 is 4.74 Å². The van der Waals surface area contributed by atoms with Gasteiger partial charge in [0.2, 0.25) is 0 Å². The van der Waals surface area contributed by atoms with Crippen LogP contribution in [0, 0.1) is 0 Å². The molecule has 0 saturated carbocycles. The van der Waals surface area contributed by atoms with Gasteiger partial charge in [-0.15, -0.1) is 0 Å². The third-order valence-corrected chi connectivity index (χ3v) is 4.10. The highest BCUT2D eigenvalue weighted by molar-refractivity contribution is 7.99. The summed E-state index contributed by atoms with van der Waals surface area (Å²) in [5.41, 5.74) is 7.97. The number of anilines is 2. The lowest BCUT2D eigenvalue weighted by atomic mass is 10.2. The molecule has 1 atom stereocenters. The minimum atomic E-state index is 0.535. The second-order valence-corrected chi connectivity index (χ2v) is 5.19. The van der Waals surface area contributed by atoms with Crippen molar-refractivity contribution >= 4 is 23.1 Å². The first-order valence-electron chi connectivity index (χ1n) is 5.50. The van der Waals surface area contributed by atoms with Gasteiger partial charge in [0.25, 0.3) is 0 Å². The zero-order valence-electron chi connectivity index (χ0n) is 9.77. The standard InChI is InChI=1S/C12H18N2OS/c1-9-8-16-6-5-14(9)12-7-10(15-2)3-4-11(12)13/h3-4,7,9H,5-6,8,13H2,1-2H3. The molecule has 0 amide bonds. The number of hydrogen-bond donors (Lipinski definition) is 1. The predicted molar refractivity (Wildman–Crippen MR) is 71.5 cm³/mol. The normalized spacial score (nSPS) is 20.9. The SMILES string of the molecule is COc1ccc(N)c(N2CCSCC2C)c1. The summed E-state index contributed by atoms with van der Waals surface area (Å²) in [6, 6.07) is 6.39. The first kappa shape index (κ1) is 11.5. The largest absolute Gasteiger partial charge is 0.497 e. The Balaban J connectivity index is 2.30. The average Bonchev–Trinajstić information content (AvgIpc) is 2.31. The predicted octanol–water partition coefficient (Wildman–Crippen LogP) is 2.22. The van der Waals surface area contributed by atoms with E-state index in [2.05, 4.69) is 11.8 Å². The molecule has 1 heterocycles. The number of nitrogens with two attached hydrogens (primary N) is 1. The summed E-state index contributed by atoms with van der Waals surface area (Å²) in [4.78, 5) is 2.37. The van der Waals surface area contributed by atoms with Gasteiger partial charge in [0.15, 0.2) is 0 Å². The Morgan fingerprint density at radius 3 is 3.00 bits per heavy atom. The summed E-state index contributed by atoms with van der Waals surface area (Å²) < 4.78 is 5.25. The second kappa shape index (κ2) is 4.87. The van der Waals surface area contributed by atoms with E-state index in [4.69, 9.17) is 10.5 Å². The number of nitrogens with zero attached hydrogens (tertiary/aromatic N) is 1. The van der Waals surface area contributed by atoms with Gasteiger partial charge in [0.05, 0.1) is 18.5 Å². The first-order chi connectivity index (χ1) is 7.72. The maximum absolute atomic E-state index is 6.03. The number of hydrogen-bond acceptors (Lipinski definition) is 4. The van der Waals surface area contributed by atoms with Crippen LogP contribution in [0.1, 0.15) is 6.92 Å². The van der Waals surface area contributed by atoms with E-state index < -0.39 is 0 Å². The van der Waals surface area contributed by atoms with Crippen molar-refractivity contribution in [2.24, 2.45) is 0 Å². The molecule has 1 aromatic rings. The van der Waals surface area contributed by atoms with Crippen LogP contribution < -0.4 is 15.4 Å². The Bertz CT molecular complexity index is 370. The molecule has 1 fully saturated rings. The van der Waals surface area contributed by atoms with E-state index in [1.54, 1.807) is 7.11 Å². The topological polar surface area (TPSA) is 38.5 Å². The highest BCUT2D eigenvalue weighted by Crippen LogP contribution is 2.32. The van der Waals surface area contributed by atoms with Gasteiger partial charge in [-0.3, -0.25) is 0 Å². The molecule has 2 N–H and O–H groups in total. The van der Waals surface area contributed by atoms with Crippen molar-refractivity contribution in [1.29, 1.82) is 0 Å². The lowest BCUT2D eigenvalue weighted by Crippen LogP contribution is -2.40. The molecule has 88 valence electrons. The average molecular weight is 238 g/mol. The Labute approximate surface area is 101 Å². The molecule has 0 aliphatic carbocycles. The smallest absolute Gasteiger partial charge is 0.121 e. The quantitative estimate of drug-likeness (QED) is 0.802. The second-order valence-electron chi connectivity index (χ2n) is 4.04. The first-order valence-corrected chi connectivity index (χ1v) is 6.65. The molecule has 0 spiro atoms. The number of thioether (sulfide) groups is 1. The molecule has 1 aliphatic rings. The van der Waals surface area contributed by atoms with Crippen molar-refractivity contribution in [2.45, 2.75) is 13.0 Å². The molecule has 3 nitrogen and oxygen atoms in total. The van der Waals surface area contributed by atoms with E-state index in [1.165, 1.54) is 5.75 Å². The molecule has 1 aliphatic heterocycles. The van der Waals surface area contributed by atoms with E-state index >= 15 is 0 Å². The Hall–Kier alpha value is -1.03. The fourth-order valence-electron chi connectivity index (χ4n) is 1.98. The molecule has 1 unspecified atom stereocenters. The molecule has 1 saturated heterocycles. The summed E-state index contributed by atoms with van der Waals surface area (Å²) in [6.07, 6.45) is 0. The van der Waals surface area contributed by atoms with Crippen LogP contribution in [0.15, 0.2) is 18.2 Å². The van der Waals surface area contributed by atoms with Gasteiger partial charge in [-0.1, -0.05) is 0 Å². The Kier molecular flexibility index (Phi) is 3.49. The Morgan fingerprint density at radius 2 is 2.31 bits per heavy atom. The fraction of sp³-hybridized carbons (Fsp3) is 0.500. The Morgan fingerprint density at radius 1 is 1.50 bits per heavy atom. The fourth-order valence-corrected chi connectivity index (χ4v) is 3.00. The van der Waals surface area contributed by atoms with Gasteiger partial charge >= 0.3 is 0 Å². The van der Waals surface area contributed by atoms with Gasteiger partial charge in [-0.2, -0.15) is 11.8 Å². The number of nitrogen functional groups attached to an aromatic ring is 1. The van der Waals surface area contributed by atoms with Gasteiger partial charge in [-0.25, -0.2) is 0 Å². The number of methoxy groups -OCH3 is 1. The van der Waals surface area contributed by atoms with Gasteiger partial charge < -0.3 is 15.4 Å². The molecule has 1 aromatic carbocycles. The van der Waals surface area contributed by atoms with E-state index in [-0.39, 0.29) is 0 Å². The van der Waals surface area contributed by atoms with Crippen LogP contribution in [0.3, 0.4) is 0 Å². The third kappa shape index (κ3) is 2.21. The molecule has 2 rings (SSSR count). The molecule has 0 bridgehead atoms.